The first-order chi connectivity index (χ1) is 15.2. The summed E-state index contributed by atoms with van der Waals surface area (Å²) in [5, 5.41) is 0. The third-order valence-corrected chi connectivity index (χ3v) is 5.16. The van der Waals surface area contributed by atoms with Gasteiger partial charge in [-0.05, 0) is 73.0 Å². The van der Waals surface area contributed by atoms with E-state index in [1.54, 1.807) is 0 Å². The molecule has 1 aromatic heterocycles. The number of aliphatic imine (C=N–C) groups is 1. The molecular formula is C27H27N3O. The largest absolute Gasteiger partial charge is 0.489 e. The number of ether oxygens (including phenoxy) is 1. The zero-order valence-corrected chi connectivity index (χ0v) is 17.7. The normalized spacial score (nSPS) is 15.2. The maximum absolute atomic E-state index is 5.86. The summed E-state index contributed by atoms with van der Waals surface area (Å²) in [4.78, 5) is 8.13. The molecule has 0 bridgehead atoms. The van der Waals surface area contributed by atoms with Gasteiger partial charge in [0.2, 0.25) is 0 Å². The van der Waals surface area contributed by atoms with Crippen LogP contribution in [0.2, 0.25) is 0 Å². The summed E-state index contributed by atoms with van der Waals surface area (Å²) in [6.45, 7) is 3.25. The number of aromatic nitrogens is 1. The van der Waals surface area contributed by atoms with Gasteiger partial charge < -0.3 is 15.5 Å². The topological polar surface area (TPSA) is 63.4 Å². The number of nitrogens with one attached hydrogen (secondary N) is 1. The Morgan fingerprint density at radius 2 is 1.81 bits per heavy atom. The average Bonchev–Trinajstić information content (AvgIpc) is 3.46. The Bertz CT molecular complexity index is 1120. The van der Waals surface area contributed by atoms with E-state index in [0.717, 1.165) is 51.5 Å². The van der Waals surface area contributed by atoms with Gasteiger partial charge in [-0.3, -0.25) is 0 Å². The van der Waals surface area contributed by atoms with Crippen molar-refractivity contribution >= 4 is 17.4 Å². The summed E-state index contributed by atoms with van der Waals surface area (Å²) in [7, 11) is 0. The number of hydrogen-bond acceptors (Lipinski definition) is 3. The van der Waals surface area contributed by atoms with E-state index in [1.807, 2.05) is 48.7 Å². The minimum atomic E-state index is 0.567. The maximum atomic E-state index is 5.86. The SMILES string of the molecule is CC1=CC(/C=C/c2ccc(OCc3ccccc3)cc2)=NC/1=C(/CCN)c1ccc[nH]1. The van der Waals surface area contributed by atoms with Crippen LogP contribution < -0.4 is 10.5 Å². The lowest BCUT2D eigenvalue weighted by atomic mass is 10.0. The fourth-order valence-electron chi connectivity index (χ4n) is 3.57. The Balaban J connectivity index is 1.44. The summed E-state index contributed by atoms with van der Waals surface area (Å²) >= 11 is 0. The summed E-state index contributed by atoms with van der Waals surface area (Å²) in [6, 6.07) is 22.3. The highest BCUT2D eigenvalue weighted by atomic mass is 16.5. The summed E-state index contributed by atoms with van der Waals surface area (Å²) in [6.07, 6.45) is 8.95. The van der Waals surface area contributed by atoms with Crippen LogP contribution in [-0.4, -0.2) is 17.2 Å². The fourth-order valence-corrected chi connectivity index (χ4v) is 3.57. The molecule has 3 aromatic rings. The number of benzene rings is 2. The van der Waals surface area contributed by atoms with Gasteiger partial charge in [0, 0.05) is 17.5 Å². The molecule has 156 valence electrons. The molecule has 31 heavy (non-hydrogen) atoms. The van der Waals surface area contributed by atoms with Crippen LogP contribution in [0.1, 0.15) is 30.2 Å². The second-order valence-electron chi connectivity index (χ2n) is 7.49. The van der Waals surface area contributed by atoms with Crippen molar-refractivity contribution < 1.29 is 4.74 Å². The quantitative estimate of drug-likeness (QED) is 0.496. The Labute approximate surface area is 183 Å². The van der Waals surface area contributed by atoms with Crippen molar-refractivity contribution in [3.05, 3.63) is 113 Å². The van der Waals surface area contributed by atoms with Gasteiger partial charge in [-0.25, -0.2) is 4.99 Å². The molecule has 0 atom stereocenters. The highest BCUT2D eigenvalue weighted by molar-refractivity contribution is 6.10. The van der Waals surface area contributed by atoms with Gasteiger partial charge in [-0.15, -0.1) is 0 Å². The number of nitrogens with two attached hydrogens (primary N) is 1. The molecule has 4 rings (SSSR count). The fraction of sp³-hybridized carbons (Fsp3) is 0.148. The van der Waals surface area contributed by atoms with Crippen LogP contribution in [0.15, 0.2) is 101 Å². The summed E-state index contributed by atoms with van der Waals surface area (Å²) < 4.78 is 5.86. The Kier molecular flexibility index (Phi) is 6.60. The lowest BCUT2D eigenvalue weighted by molar-refractivity contribution is 0.306. The number of aromatic amines is 1. The molecule has 2 heterocycles. The lowest BCUT2D eigenvalue weighted by Gasteiger charge is -2.08. The third-order valence-electron chi connectivity index (χ3n) is 5.16. The minimum absolute atomic E-state index is 0.567. The predicted octanol–water partition coefficient (Wildman–Crippen LogP) is 5.77. The summed E-state index contributed by atoms with van der Waals surface area (Å²) in [5.74, 6) is 0.859. The van der Waals surface area contributed by atoms with Crippen LogP contribution in [0, 0.1) is 0 Å². The van der Waals surface area contributed by atoms with Crippen molar-refractivity contribution in [3.8, 4) is 5.75 Å². The molecule has 4 nitrogen and oxygen atoms in total. The van der Waals surface area contributed by atoms with E-state index in [2.05, 4.69) is 54.4 Å². The van der Waals surface area contributed by atoms with E-state index < -0.39 is 0 Å². The summed E-state index contributed by atoms with van der Waals surface area (Å²) in [5.41, 5.74) is 13.4. The second kappa shape index (κ2) is 9.92. The van der Waals surface area contributed by atoms with E-state index >= 15 is 0 Å². The highest BCUT2D eigenvalue weighted by Crippen LogP contribution is 2.30. The van der Waals surface area contributed by atoms with Gasteiger partial charge in [0.1, 0.15) is 12.4 Å². The molecule has 4 heteroatoms. The molecule has 0 radical (unpaired) electrons. The van der Waals surface area contributed by atoms with Crippen LogP contribution in [0.5, 0.6) is 5.75 Å². The van der Waals surface area contributed by atoms with Crippen LogP contribution in [0.25, 0.3) is 11.6 Å². The molecule has 0 saturated carbocycles. The Hall–Kier alpha value is -3.63. The van der Waals surface area contributed by atoms with Gasteiger partial charge >= 0.3 is 0 Å². The third kappa shape index (κ3) is 5.30. The first kappa shape index (κ1) is 20.6. The zero-order chi connectivity index (χ0) is 21.5. The van der Waals surface area contributed by atoms with Crippen molar-refractivity contribution in [2.75, 3.05) is 6.54 Å². The van der Waals surface area contributed by atoms with E-state index in [1.165, 1.54) is 0 Å². The molecular weight excluding hydrogens is 382 g/mol. The van der Waals surface area contributed by atoms with Gasteiger partial charge in [0.15, 0.2) is 0 Å². The van der Waals surface area contributed by atoms with Gasteiger partial charge in [-0.1, -0.05) is 48.5 Å². The first-order valence-corrected chi connectivity index (χ1v) is 10.5. The Morgan fingerprint density at radius 1 is 1.00 bits per heavy atom. The number of nitrogens with zero attached hydrogens (tertiary/aromatic N) is 1. The van der Waals surface area contributed by atoms with Crippen LogP contribution in [-0.2, 0) is 6.61 Å². The van der Waals surface area contributed by atoms with Crippen molar-refractivity contribution in [2.45, 2.75) is 20.0 Å². The highest BCUT2D eigenvalue weighted by Gasteiger charge is 2.15. The monoisotopic (exact) mass is 409 g/mol. The number of hydrogen-bond donors (Lipinski definition) is 2. The van der Waals surface area contributed by atoms with Gasteiger partial charge in [0.05, 0.1) is 11.4 Å². The van der Waals surface area contributed by atoms with E-state index in [4.69, 9.17) is 15.5 Å². The minimum Gasteiger partial charge on any atom is -0.489 e. The van der Waals surface area contributed by atoms with Gasteiger partial charge in [0.25, 0.3) is 0 Å². The average molecular weight is 410 g/mol. The predicted molar refractivity (Wildman–Crippen MR) is 129 cm³/mol. The van der Waals surface area contributed by atoms with E-state index in [9.17, 15) is 0 Å². The number of H-pyrrole nitrogens is 1. The first-order valence-electron chi connectivity index (χ1n) is 10.5. The molecule has 1 aliphatic rings. The molecule has 1 aliphatic heterocycles. The number of rotatable bonds is 8. The van der Waals surface area contributed by atoms with Crippen LogP contribution in [0.4, 0.5) is 0 Å². The molecule has 0 amide bonds. The molecule has 0 fully saturated rings. The van der Waals surface area contributed by atoms with Crippen molar-refractivity contribution in [1.29, 1.82) is 0 Å². The molecule has 3 N–H and O–H groups in total. The molecule has 0 aliphatic carbocycles. The van der Waals surface area contributed by atoms with Crippen molar-refractivity contribution in [3.63, 3.8) is 0 Å². The molecule has 0 unspecified atom stereocenters. The van der Waals surface area contributed by atoms with E-state index in [0.29, 0.717) is 13.2 Å². The molecule has 0 spiro atoms. The van der Waals surface area contributed by atoms with Gasteiger partial charge in [-0.2, -0.15) is 0 Å². The maximum Gasteiger partial charge on any atom is 0.119 e. The van der Waals surface area contributed by atoms with Crippen LogP contribution in [0.3, 0.4) is 0 Å². The smallest absolute Gasteiger partial charge is 0.119 e. The van der Waals surface area contributed by atoms with Crippen LogP contribution >= 0.6 is 0 Å². The second-order valence-corrected chi connectivity index (χ2v) is 7.49. The Morgan fingerprint density at radius 3 is 2.52 bits per heavy atom. The standard InChI is InChI=1S/C27H27N3O/c1-20-18-23(30-27(20)25(15-16-28)26-8-5-17-29-26)12-9-21-10-13-24(14-11-21)31-19-22-6-3-2-4-7-22/h2-14,17-18,29H,15-16,19,28H2,1H3/b12-9+,27-25-. The van der Waals surface area contributed by atoms with Crippen molar-refractivity contribution in [2.24, 2.45) is 10.7 Å². The number of allylic oxidation sites excluding steroid dienone is 3. The van der Waals surface area contributed by atoms with Crippen molar-refractivity contribution in [1.82, 2.24) is 4.98 Å². The lowest BCUT2D eigenvalue weighted by Crippen LogP contribution is -2.02. The molecule has 2 aromatic carbocycles. The zero-order valence-electron chi connectivity index (χ0n) is 17.7. The van der Waals surface area contributed by atoms with E-state index in [-0.39, 0.29) is 0 Å². The molecule has 0 saturated heterocycles.